The summed E-state index contributed by atoms with van der Waals surface area (Å²) in [5.41, 5.74) is 17.8. The Hall–Kier alpha value is -2.74. The molecular weight excluding hydrogens is 244 g/mol. The second-order valence-corrected chi connectivity index (χ2v) is 4.76. The van der Waals surface area contributed by atoms with Crippen molar-refractivity contribution in [3.8, 4) is 22.3 Å². The van der Waals surface area contributed by atoms with Gasteiger partial charge in [-0.2, -0.15) is 0 Å². The third-order valence-corrected chi connectivity index (χ3v) is 3.37. The summed E-state index contributed by atoms with van der Waals surface area (Å²) in [7, 11) is 0. The monoisotopic (exact) mass is 260 g/mol. The molecule has 20 heavy (non-hydrogen) atoms. The molecule has 0 spiro atoms. The fourth-order valence-electron chi connectivity index (χ4n) is 2.34. The van der Waals surface area contributed by atoms with E-state index in [0.717, 1.165) is 11.4 Å². The summed E-state index contributed by atoms with van der Waals surface area (Å²) >= 11 is 0. The van der Waals surface area contributed by atoms with Crippen molar-refractivity contribution in [3.63, 3.8) is 0 Å². The Labute approximate surface area is 118 Å². The van der Waals surface area contributed by atoms with E-state index in [1.807, 2.05) is 0 Å². The van der Waals surface area contributed by atoms with E-state index in [1.165, 1.54) is 22.3 Å². The third kappa shape index (κ3) is 2.24. The van der Waals surface area contributed by atoms with Gasteiger partial charge < -0.3 is 11.5 Å². The van der Waals surface area contributed by atoms with E-state index in [4.69, 9.17) is 11.5 Å². The molecule has 0 heterocycles. The van der Waals surface area contributed by atoms with Crippen LogP contribution in [0, 0.1) is 0 Å². The van der Waals surface area contributed by atoms with Crippen LogP contribution in [0.2, 0.25) is 0 Å². The van der Waals surface area contributed by atoms with Crippen molar-refractivity contribution in [3.05, 3.63) is 72.8 Å². The zero-order valence-corrected chi connectivity index (χ0v) is 11.1. The molecule has 0 aromatic heterocycles. The van der Waals surface area contributed by atoms with Crippen LogP contribution in [-0.4, -0.2) is 0 Å². The van der Waals surface area contributed by atoms with E-state index < -0.39 is 0 Å². The maximum absolute atomic E-state index is 5.37. The van der Waals surface area contributed by atoms with Crippen LogP contribution >= 0.6 is 0 Å². The molecule has 1 aliphatic carbocycles. The molecule has 0 fully saturated rings. The van der Waals surface area contributed by atoms with E-state index in [1.54, 1.807) is 24.3 Å². The molecule has 2 heteroatoms. The molecule has 0 saturated heterocycles. The number of hydrogen-bond donors (Lipinski definition) is 2. The van der Waals surface area contributed by atoms with Crippen LogP contribution in [-0.2, 0) is 0 Å². The maximum atomic E-state index is 5.37. The van der Waals surface area contributed by atoms with Crippen molar-refractivity contribution in [2.45, 2.75) is 0 Å². The maximum Gasteiger partial charge on any atom is 0.0315 e. The minimum atomic E-state index is 0.749. The molecule has 2 nitrogen and oxygen atoms in total. The number of anilines is 2. The van der Waals surface area contributed by atoms with Crippen molar-refractivity contribution in [1.82, 2.24) is 0 Å². The van der Waals surface area contributed by atoms with Gasteiger partial charge in [-0.25, -0.2) is 0 Å². The van der Waals surface area contributed by atoms with E-state index in [9.17, 15) is 0 Å². The Kier molecular flexibility index (Phi) is 3.13. The average molecular weight is 260 g/mol. The second-order valence-electron chi connectivity index (χ2n) is 4.76. The number of rotatable bonds is 0. The van der Waals surface area contributed by atoms with Crippen LogP contribution in [0.3, 0.4) is 0 Å². The van der Waals surface area contributed by atoms with Gasteiger partial charge in [0.05, 0.1) is 0 Å². The number of nitrogens with two attached hydrogens (primary N) is 2. The molecule has 0 bridgehead atoms. The Morgan fingerprint density at radius 2 is 0.650 bits per heavy atom. The summed E-state index contributed by atoms with van der Waals surface area (Å²) in [6.07, 6.45) is 0. The molecule has 0 unspecified atom stereocenters. The summed E-state index contributed by atoms with van der Waals surface area (Å²) in [4.78, 5) is 0. The summed E-state index contributed by atoms with van der Waals surface area (Å²) in [6.45, 7) is 0. The fraction of sp³-hybridized carbons (Fsp3) is 0. The van der Waals surface area contributed by atoms with Gasteiger partial charge in [0.1, 0.15) is 0 Å². The van der Waals surface area contributed by atoms with Crippen LogP contribution in [0.1, 0.15) is 0 Å². The lowest BCUT2D eigenvalue weighted by Gasteiger charge is -2.22. The highest BCUT2D eigenvalue weighted by Crippen LogP contribution is 2.46. The summed E-state index contributed by atoms with van der Waals surface area (Å²) in [6, 6.07) is 24.2. The highest BCUT2D eigenvalue weighted by atomic mass is 14.6. The SMILES string of the molecule is Nc1ccc(N)cc1.c1ccc2c(c1)-c1ccccc1-2. The van der Waals surface area contributed by atoms with Gasteiger partial charge in [0, 0.05) is 11.4 Å². The first-order valence-electron chi connectivity index (χ1n) is 6.55. The Morgan fingerprint density at radius 3 is 0.900 bits per heavy atom. The molecule has 4 N–H and O–H groups in total. The predicted octanol–water partition coefficient (Wildman–Crippen LogP) is 4.19. The van der Waals surface area contributed by atoms with Crippen molar-refractivity contribution < 1.29 is 0 Å². The summed E-state index contributed by atoms with van der Waals surface area (Å²) in [5.74, 6) is 0. The first-order valence-corrected chi connectivity index (χ1v) is 6.55. The summed E-state index contributed by atoms with van der Waals surface area (Å²) in [5, 5.41) is 0. The lowest BCUT2D eigenvalue weighted by molar-refractivity contribution is 1.52. The molecule has 1 aliphatic rings. The number of fused-ring (bicyclic) bond motifs is 4. The molecule has 0 radical (unpaired) electrons. The highest BCUT2D eigenvalue weighted by molar-refractivity contribution is 6.02. The molecule has 0 aliphatic heterocycles. The first kappa shape index (κ1) is 12.3. The van der Waals surface area contributed by atoms with Crippen molar-refractivity contribution in [2.24, 2.45) is 0 Å². The Morgan fingerprint density at radius 1 is 0.400 bits per heavy atom. The van der Waals surface area contributed by atoms with Crippen LogP contribution < -0.4 is 11.5 Å². The van der Waals surface area contributed by atoms with Gasteiger partial charge in [-0.05, 0) is 46.5 Å². The highest BCUT2D eigenvalue weighted by Gasteiger charge is 2.19. The van der Waals surface area contributed by atoms with Gasteiger partial charge in [0.25, 0.3) is 0 Å². The average Bonchev–Trinajstić information content (AvgIpc) is 2.48. The lowest BCUT2D eigenvalue weighted by Crippen LogP contribution is -1.96. The Bertz CT molecular complexity index is 609. The normalized spacial score (nSPS) is 10.4. The smallest absolute Gasteiger partial charge is 0.0315 e. The zero-order chi connectivity index (χ0) is 13.9. The van der Waals surface area contributed by atoms with Gasteiger partial charge in [-0.1, -0.05) is 48.5 Å². The van der Waals surface area contributed by atoms with Gasteiger partial charge in [0.15, 0.2) is 0 Å². The van der Waals surface area contributed by atoms with Crippen molar-refractivity contribution >= 4 is 11.4 Å². The standard InChI is InChI=1S/C12H8.C6H8N2/c1-2-6-10-9(5-1)11-7-3-4-8-12(10)11;7-5-1-2-6(8)4-3-5/h1-8H;1-4H,7-8H2. The third-order valence-electron chi connectivity index (χ3n) is 3.37. The van der Waals surface area contributed by atoms with Crippen LogP contribution in [0.25, 0.3) is 22.3 Å². The molecule has 3 aromatic rings. The van der Waals surface area contributed by atoms with Crippen LogP contribution in [0.15, 0.2) is 72.8 Å². The topological polar surface area (TPSA) is 52.0 Å². The molecule has 0 atom stereocenters. The lowest BCUT2D eigenvalue weighted by atomic mass is 9.81. The van der Waals surface area contributed by atoms with Gasteiger partial charge in [-0.15, -0.1) is 0 Å². The van der Waals surface area contributed by atoms with E-state index in [2.05, 4.69) is 48.5 Å². The molecule has 98 valence electrons. The number of nitrogen functional groups attached to an aromatic ring is 2. The largest absolute Gasteiger partial charge is 0.399 e. The molecule has 0 amide bonds. The minimum absolute atomic E-state index is 0.749. The molecule has 3 aromatic carbocycles. The summed E-state index contributed by atoms with van der Waals surface area (Å²) < 4.78 is 0. The van der Waals surface area contributed by atoms with E-state index >= 15 is 0 Å². The number of benzene rings is 3. The van der Waals surface area contributed by atoms with E-state index in [-0.39, 0.29) is 0 Å². The van der Waals surface area contributed by atoms with Crippen LogP contribution in [0.5, 0.6) is 0 Å². The quantitative estimate of drug-likeness (QED) is 0.466. The predicted molar refractivity (Wildman–Crippen MR) is 86.1 cm³/mol. The van der Waals surface area contributed by atoms with Gasteiger partial charge >= 0.3 is 0 Å². The minimum Gasteiger partial charge on any atom is -0.399 e. The zero-order valence-electron chi connectivity index (χ0n) is 11.1. The number of hydrogen-bond acceptors (Lipinski definition) is 2. The van der Waals surface area contributed by atoms with Crippen LogP contribution in [0.4, 0.5) is 11.4 Å². The van der Waals surface area contributed by atoms with Crippen molar-refractivity contribution in [2.75, 3.05) is 11.5 Å². The fourth-order valence-corrected chi connectivity index (χ4v) is 2.34. The molecular formula is C18H16N2. The van der Waals surface area contributed by atoms with Gasteiger partial charge in [0.2, 0.25) is 0 Å². The van der Waals surface area contributed by atoms with Crippen molar-refractivity contribution in [1.29, 1.82) is 0 Å². The van der Waals surface area contributed by atoms with E-state index in [0.29, 0.717) is 0 Å². The molecule has 0 saturated carbocycles. The second kappa shape index (κ2) is 5.10. The van der Waals surface area contributed by atoms with Gasteiger partial charge in [-0.3, -0.25) is 0 Å². The molecule has 4 rings (SSSR count). The Balaban J connectivity index is 0.000000133. The first-order chi connectivity index (χ1) is 9.75.